The number of hydrogen-bond donors (Lipinski definition) is 1. The van der Waals surface area contributed by atoms with Crippen LogP contribution in [0.15, 0.2) is 5.16 Å². The first-order valence-corrected chi connectivity index (χ1v) is 3.44. The van der Waals surface area contributed by atoms with E-state index in [4.69, 9.17) is 15.3 Å². The standard InChI is InChI=1S/C6H8N2O3/c7-5(9)4-3-1-2-10-6(3)11-8-4/h3,6H,1-2H2,(H2,7,9). The molecule has 11 heavy (non-hydrogen) atoms. The molecule has 0 saturated carbocycles. The SMILES string of the molecule is NC(=O)C1=NOC2OCCC12. The summed E-state index contributed by atoms with van der Waals surface area (Å²) in [5.41, 5.74) is 5.36. The normalized spacial score (nSPS) is 34.4. The topological polar surface area (TPSA) is 73.9 Å². The zero-order valence-electron chi connectivity index (χ0n) is 5.82. The van der Waals surface area contributed by atoms with E-state index >= 15 is 0 Å². The summed E-state index contributed by atoms with van der Waals surface area (Å²) in [5.74, 6) is -0.546. The van der Waals surface area contributed by atoms with Crippen LogP contribution in [0.3, 0.4) is 0 Å². The van der Waals surface area contributed by atoms with Crippen molar-refractivity contribution in [1.82, 2.24) is 0 Å². The van der Waals surface area contributed by atoms with E-state index in [2.05, 4.69) is 5.16 Å². The molecule has 2 heterocycles. The molecule has 2 unspecified atom stereocenters. The third-order valence-electron chi connectivity index (χ3n) is 1.90. The molecule has 2 N–H and O–H groups in total. The van der Waals surface area contributed by atoms with Gasteiger partial charge in [-0.1, -0.05) is 5.16 Å². The van der Waals surface area contributed by atoms with Crippen molar-refractivity contribution in [3.05, 3.63) is 0 Å². The third kappa shape index (κ3) is 0.883. The highest BCUT2D eigenvalue weighted by Gasteiger charge is 2.41. The molecule has 2 rings (SSSR count). The Kier molecular flexibility index (Phi) is 1.32. The molecule has 0 bridgehead atoms. The Labute approximate surface area is 63.1 Å². The number of nitrogens with two attached hydrogens (primary N) is 1. The lowest BCUT2D eigenvalue weighted by molar-refractivity contribution is -0.112. The van der Waals surface area contributed by atoms with Crippen LogP contribution in [0.1, 0.15) is 6.42 Å². The van der Waals surface area contributed by atoms with E-state index in [1.807, 2.05) is 0 Å². The van der Waals surface area contributed by atoms with Crippen molar-refractivity contribution in [1.29, 1.82) is 0 Å². The van der Waals surface area contributed by atoms with Crippen LogP contribution in [-0.2, 0) is 14.4 Å². The maximum absolute atomic E-state index is 10.7. The van der Waals surface area contributed by atoms with Crippen LogP contribution in [0.2, 0.25) is 0 Å². The van der Waals surface area contributed by atoms with E-state index in [0.717, 1.165) is 6.42 Å². The quantitative estimate of drug-likeness (QED) is 0.541. The fraction of sp³-hybridized carbons (Fsp3) is 0.667. The van der Waals surface area contributed by atoms with Crippen molar-refractivity contribution in [3.8, 4) is 0 Å². The molecular formula is C6H8N2O3. The predicted molar refractivity (Wildman–Crippen MR) is 35.6 cm³/mol. The highest BCUT2D eigenvalue weighted by molar-refractivity contribution is 6.39. The number of carbonyl (C=O) groups excluding carboxylic acids is 1. The summed E-state index contributed by atoms with van der Waals surface area (Å²) in [7, 11) is 0. The first kappa shape index (κ1) is 6.60. The number of rotatable bonds is 1. The predicted octanol–water partition coefficient (Wildman–Crippen LogP) is -0.780. The lowest BCUT2D eigenvalue weighted by Gasteiger charge is -2.03. The fourth-order valence-electron chi connectivity index (χ4n) is 1.34. The van der Waals surface area contributed by atoms with Crippen LogP contribution in [-0.4, -0.2) is 24.5 Å². The van der Waals surface area contributed by atoms with Crippen LogP contribution >= 0.6 is 0 Å². The van der Waals surface area contributed by atoms with Crippen molar-refractivity contribution in [2.45, 2.75) is 12.7 Å². The van der Waals surface area contributed by atoms with Crippen LogP contribution in [0.25, 0.3) is 0 Å². The third-order valence-corrected chi connectivity index (χ3v) is 1.90. The number of fused-ring (bicyclic) bond motifs is 1. The highest BCUT2D eigenvalue weighted by atomic mass is 16.8. The van der Waals surface area contributed by atoms with E-state index in [0.29, 0.717) is 12.3 Å². The maximum atomic E-state index is 10.7. The minimum absolute atomic E-state index is 0.0347. The number of carbonyl (C=O) groups is 1. The highest BCUT2D eigenvalue weighted by Crippen LogP contribution is 2.28. The Morgan fingerprint density at radius 1 is 1.73 bits per heavy atom. The van der Waals surface area contributed by atoms with Gasteiger partial charge in [-0.2, -0.15) is 0 Å². The minimum Gasteiger partial charge on any atom is -0.364 e. The molecule has 5 heteroatoms. The minimum atomic E-state index is -0.511. The van der Waals surface area contributed by atoms with Gasteiger partial charge in [0.25, 0.3) is 5.91 Å². The van der Waals surface area contributed by atoms with Crippen molar-refractivity contribution < 1.29 is 14.4 Å². The van der Waals surface area contributed by atoms with Crippen molar-refractivity contribution in [2.75, 3.05) is 6.61 Å². The first-order valence-electron chi connectivity index (χ1n) is 3.44. The molecule has 0 spiro atoms. The first-order chi connectivity index (χ1) is 5.29. The van der Waals surface area contributed by atoms with Gasteiger partial charge in [0, 0.05) is 0 Å². The second-order valence-electron chi connectivity index (χ2n) is 2.58. The number of oxime groups is 1. The van der Waals surface area contributed by atoms with E-state index in [1.54, 1.807) is 0 Å². The van der Waals surface area contributed by atoms with Gasteiger partial charge < -0.3 is 15.3 Å². The second kappa shape index (κ2) is 2.20. The van der Waals surface area contributed by atoms with Gasteiger partial charge in [-0.3, -0.25) is 4.79 Å². The van der Waals surface area contributed by atoms with Gasteiger partial charge in [-0.25, -0.2) is 0 Å². The van der Waals surface area contributed by atoms with E-state index in [9.17, 15) is 4.79 Å². The average Bonchev–Trinajstić information content (AvgIpc) is 2.41. The summed E-state index contributed by atoms with van der Waals surface area (Å²) in [5, 5.41) is 3.54. The zero-order valence-corrected chi connectivity index (χ0v) is 5.82. The van der Waals surface area contributed by atoms with Crippen LogP contribution < -0.4 is 5.73 Å². The molecule has 1 fully saturated rings. The molecule has 0 aromatic carbocycles. The van der Waals surface area contributed by atoms with Gasteiger partial charge in [0.2, 0.25) is 6.29 Å². The number of hydrogen-bond acceptors (Lipinski definition) is 4. The summed E-state index contributed by atoms with van der Waals surface area (Å²) < 4.78 is 5.11. The van der Waals surface area contributed by atoms with E-state index in [1.165, 1.54) is 0 Å². The van der Waals surface area contributed by atoms with Crippen molar-refractivity contribution in [3.63, 3.8) is 0 Å². The second-order valence-corrected chi connectivity index (χ2v) is 2.58. The molecule has 1 amide bonds. The molecular weight excluding hydrogens is 148 g/mol. The van der Waals surface area contributed by atoms with E-state index in [-0.39, 0.29) is 12.2 Å². The van der Waals surface area contributed by atoms with Gasteiger partial charge in [0.1, 0.15) is 0 Å². The number of amides is 1. The van der Waals surface area contributed by atoms with Crippen LogP contribution in [0.4, 0.5) is 0 Å². The molecule has 60 valence electrons. The molecule has 0 aliphatic carbocycles. The Bertz CT molecular complexity index is 226. The summed E-state index contributed by atoms with van der Waals surface area (Å²) in [6, 6.07) is 0. The maximum Gasteiger partial charge on any atom is 0.267 e. The number of nitrogens with zero attached hydrogens (tertiary/aromatic N) is 1. The molecule has 2 aliphatic rings. The molecule has 0 radical (unpaired) electrons. The summed E-state index contributed by atoms with van der Waals surface area (Å²) in [6.07, 6.45) is 0.407. The molecule has 2 aliphatic heterocycles. The van der Waals surface area contributed by atoms with Gasteiger partial charge in [-0.15, -0.1) is 0 Å². The molecule has 5 nitrogen and oxygen atoms in total. The Morgan fingerprint density at radius 2 is 2.55 bits per heavy atom. The van der Waals surface area contributed by atoms with Crippen LogP contribution in [0.5, 0.6) is 0 Å². The smallest absolute Gasteiger partial charge is 0.267 e. The Hall–Kier alpha value is -1.10. The van der Waals surface area contributed by atoms with Crippen molar-refractivity contribution >= 4 is 11.6 Å². The fourth-order valence-corrected chi connectivity index (χ4v) is 1.34. The van der Waals surface area contributed by atoms with Crippen LogP contribution in [0, 0.1) is 5.92 Å². The van der Waals surface area contributed by atoms with Gasteiger partial charge >= 0.3 is 0 Å². The number of primary amides is 1. The lowest BCUT2D eigenvalue weighted by Crippen LogP contribution is -2.30. The molecule has 1 saturated heterocycles. The monoisotopic (exact) mass is 156 g/mol. The Balaban J connectivity index is 2.18. The summed E-state index contributed by atoms with van der Waals surface area (Å²) >= 11 is 0. The Morgan fingerprint density at radius 3 is 3.27 bits per heavy atom. The van der Waals surface area contributed by atoms with Gasteiger partial charge in [0.05, 0.1) is 12.5 Å². The average molecular weight is 156 g/mol. The zero-order chi connectivity index (χ0) is 7.84. The summed E-state index contributed by atoms with van der Waals surface area (Å²) in [6.45, 7) is 0.613. The lowest BCUT2D eigenvalue weighted by atomic mass is 10.0. The van der Waals surface area contributed by atoms with Gasteiger partial charge in [-0.05, 0) is 6.42 Å². The van der Waals surface area contributed by atoms with E-state index < -0.39 is 5.91 Å². The molecule has 0 aromatic heterocycles. The van der Waals surface area contributed by atoms with Gasteiger partial charge in [0.15, 0.2) is 5.71 Å². The largest absolute Gasteiger partial charge is 0.364 e. The van der Waals surface area contributed by atoms with Crippen molar-refractivity contribution in [2.24, 2.45) is 16.8 Å². The summed E-state index contributed by atoms with van der Waals surface area (Å²) in [4.78, 5) is 15.5. The number of ether oxygens (including phenoxy) is 1. The molecule has 0 aromatic rings. The molecule has 2 atom stereocenters.